The molecule has 33 heavy (non-hydrogen) atoms. The highest BCUT2D eigenvalue weighted by Crippen LogP contribution is 2.35. The van der Waals surface area contributed by atoms with E-state index in [1.54, 1.807) is 30.3 Å². The van der Waals surface area contributed by atoms with Gasteiger partial charge in [0.15, 0.2) is 5.17 Å². The third-order valence-electron chi connectivity index (χ3n) is 5.75. The molecule has 0 bridgehead atoms. The topological polar surface area (TPSA) is 81.2 Å². The minimum atomic E-state index is -0.245. The Morgan fingerprint density at radius 2 is 2.12 bits per heavy atom. The van der Waals surface area contributed by atoms with Crippen LogP contribution in [0.2, 0.25) is 5.02 Å². The second-order valence-corrected chi connectivity index (χ2v) is 9.18. The van der Waals surface area contributed by atoms with E-state index in [1.165, 1.54) is 31.0 Å². The summed E-state index contributed by atoms with van der Waals surface area (Å²) in [6.45, 7) is 0. The minimum Gasteiger partial charge on any atom is -0.495 e. The van der Waals surface area contributed by atoms with Crippen LogP contribution in [0.1, 0.15) is 18.0 Å². The van der Waals surface area contributed by atoms with Crippen LogP contribution in [0.4, 0.5) is 10.1 Å². The van der Waals surface area contributed by atoms with Crippen LogP contribution in [-0.2, 0) is 4.79 Å². The van der Waals surface area contributed by atoms with Crippen molar-refractivity contribution in [1.82, 2.24) is 20.8 Å². The molecule has 1 amide bonds. The van der Waals surface area contributed by atoms with Crippen LogP contribution in [0, 0.1) is 5.82 Å². The molecule has 0 aliphatic carbocycles. The second-order valence-electron chi connectivity index (χ2n) is 7.80. The van der Waals surface area contributed by atoms with E-state index < -0.39 is 0 Å². The number of amidine groups is 1. The first-order valence-corrected chi connectivity index (χ1v) is 11.7. The Morgan fingerprint density at radius 1 is 1.30 bits per heavy atom. The summed E-state index contributed by atoms with van der Waals surface area (Å²) in [5.41, 5.74) is 8.21. The van der Waals surface area contributed by atoms with E-state index in [0.717, 1.165) is 12.0 Å². The Kier molecular flexibility index (Phi) is 6.05. The Bertz CT molecular complexity index is 1110. The zero-order valence-corrected chi connectivity index (χ0v) is 19.2. The molecule has 1 fully saturated rings. The zero-order valence-electron chi connectivity index (χ0n) is 17.7. The summed E-state index contributed by atoms with van der Waals surface area (Å²) >= 11 is 7.38. The smallest absolute Gasteiger partial charge is 0.234 e. The van der Waals surface area contributed by atoms with Gasteiger partial charge in [0.25, 0.3) is 0 Å². The summed E-state index contributed by atoms with van der Waals surface area (Å²) in [4.78, 5) is 14.6. The van der Waals surface area contributed by atoms with E-state index in [9.17, 15) is 9.18 Å². The van der Waals surface area contributed by atoms with Crippen molar-refractivity contribution in [2.45, 2.75) is 24.7 Å². The van der Waals surface area contributed by atoms with Crippen molar-refractivity contribution in [3.8, 4) is 5.75 Å². The van der Waals surface area contributed by atoms with Crippen LogP contribution in [0.3, 0.4) is 0 Å². The van der Waals surface area contributed by atoms with E-state index in [2.05, 4.69) is 26.3 Å². The monoisotopic (exact) mass is 488 g/mol. The van der Waals surface area contributed by atoms with Crippen LogP contribution >= 0.6 is 23.4 Å². The number of methoxy groups -OCH3 is 1. The Balaban J connectivity index is 1.19. The molecular weight excluding hydrogens is 467 g/mol. The number of hydrogen-bond donors (Lipinski definition) is 3. The summed E-state index contributed by atoms with van der Waals surface area (Å²) in [6.07, 6.45) is 4.66. The van der Waals surface area contributed by atoms with Crippen molar-refractivity contribution in [1.29, 1.82) is 0 Å². The second kappa shape index (κ2) is 9.12. The van der Waals surface area contributed by atoms with Gasteiger partial charge in [-0.05, 0) is 42.3 Å². The number of carbonyl (C=O) groups excluding carboxylic acids is 1. The summed E-state index contributed by atoms with van der Waals surface area (Å²) < 4.78 is 18.6. The maximum absolute atomic E-state index is 13.3. The predicted octanol–water partition coefficient (Wildman–Crippen LogP) is 3.47. The van der Waals surface area contributed by atoms with Crippen molar-refractivity contribution in [2.24, 2.45) is 5.10 Å². The molecule has 3 unspecified atom stereocenters. The molecule has 0 spiro atoms. The van der Waals surface area contributed by atoms with Gasteiger partial charge in [0.2, 0.25) is 5.91 Å². The third-order valence-corrected chi connectivity index (χ3v) is 6.95. The molecule has 11 heteroatoms. The number of hydrazine groups is 1. The highest BCUT2D eigenvalue weighted by atomic mass is 35.5. The van der Waals surface area contributed by atoms with Crippen molar-refractivity contribution in [2.75, 3.05) is 18.2 Å². The number of rotatable bonds is 5. The van der Waals surface area contributed by atoms with Gasteiger partial charge < -0.3 is 20.0 Å². The van der Waals surface area contributed by atoms with Crippen LogP contribution < -0.4 is 20.9 Å². The number of hydrazone groups is 1. The lowest BCUT2D eigenvalue weighted by atomic mass is 10.00. The number of carbonyl (C=O) groups is 1. The van der Waals surface area contributed by atoms with Crippen molar-refractivity contribution >= 4 is 40.1 Å². The van der Waals surface area contributed by atoms with E-state index in [-0.39, 0.29) is 35.7 Å². The van der Waals surface area contributed by atoms with Gasteiger partial charge in [0.1, 0.15) is 17.7 Å². The maximum Gasteiger partial charge on any atom is 0.234 e. The number of nitrogens with zero attached hydrogens (tertiary/aromatic N) is 3. The number of anilines is 1. The fourth-order valence-corrected chi connectivity index (χ4v) is 5.10. The largest absolute Gasteiger partial charge is 0.495 e. The number of nitrogens with one attached hydrogen (secondary N) is 3. The van der Waals surface area contributed by atoms with Crippen LogP contribution in [0.15, 0.2) is 60.0 Å². The Labute approximate surface area is 199 Å². The summed E-state index contributed by atoms with van der Waals surface area (Å²) in [5.74, 6) is 0.290. The third kappa shape index (κ3) is 4.46. The number of benzene rings is 2. The molecule has 3 atom stereocenters. The molecule has 0 radical (unpaired) electrons. The maximum atomic E-state index is 13.3. The molecule has 3 aliphatic rings. The fourth-order valence-electron chi connectivity index (χ4n) is 4.16. The van der Waals surface area contributed by atoms with E-state index >= 15 is 0 Å². The number of ether oxygens (including phenoxy) is 1. The zero-order chi connectivity index (χ0) is 22.9. The molecule has 8 nitrogen and oxygen atoms in total. The van der Waals surface area contributed by atoms with E-state index in [0.29, 0.717) is 21.6 Å². The summed E-state index contributed by atoms with van der Waals surface area (Å²) in [6, 6.07) is 11.8. The standard InChI is InChI=1S/C22H22ClFN6O2S/c1-32-19-7-4-14(23)10-17(19)25-20(31)12-33-22-27-26-21-18-11-16(13-2-5-15(24)6-3-13)28-30(18)9-8-29(21)22/h2-10,16,18,21,26,28H,11-12H2,1H3,(H,25,31). The molecule has 172 valence electrons. The van der Waals surface area contributed by atoms with E-state index in [4.69, 9.17) is 16.3 Å². The van der Waals surface area contributed by atoms with Gasteiger partial charge in [0.05, 0.1) is 30.6 Å². The molecule has 3 aliphatic heterocycles. The number of thioether (sulfide) groups is 1. The van der Waals surface area contributed by atoms with Crippen molar-refractivity contribution in [3.63, 3.8) is 0 Å². The number of fused-ring (bicyclic) bond motifs is 3. The molecule has 2 aromatic carbocycles. The van der Waals surface area contributed by atoms with Crippen molar-refractivity contribution < 1.29 is 13.9 Å². The Hall–Kier alpha value is -2.95. The number of hydrogen-bond acceptors (Lipinski definition) is 8. The van der Waals surface area contributed by atoms with E-state index in [1.807, 2.05) is 17.3 Å². The minimum absolute atomic E-state index is 0.0634. The highest BCUT2D eigenvalue weighted by molar-refractivity contribution is 8.14. The molecule has 3 heterocycles. The average molecular weight is 489 g/mol. The average Bonchev–Trinajstić information content (AvgIpc) is 3.42. The number of amides is 1. The Morgan fingerprint density at radius 3 is 2.91 bits per heavy atom. The molecule has 2 aromatic rings. The normalized spacial score (nSPS) is 23.0. The quantitative estimate of drug-likeness (QED) is 0.594. The molecule has 0 aromatic heterocycles. The molecule has 1 saturated heterocycles. The first kappa shape index (κ1) is 21.9. The van der Waals surface area contributed by atoms with Crippen LogP contribution in [0.25, 0.3) is 0 Å². The predicted molar refractivity (Wildman–Crippen MR) is 127 cm³/mol. The van der Waals surface area contributed by atoms with Gasteiger partial charge in [-0.3, -0.25) is 10.2 Å². The van der Waals surface area contributed by atoms with Crippen LogP contribution in [0.5, 0.6) is 5.75 Å². The first-order valence-electron chi connectivity index (χ1n) is 10.4. The number of halogens is 2. The van der Waals surface area contributed by atoms with Gasteiger partial charge >= 0.3 is 0 Å². The van der Waals surface area contributed by atoms with Gasteiger partial charge in [-0.1, -0.05) is 35.5 Å². The van der Waals surface area contributed by atoms with Crippen molar-refractivity contribution in [3.05, 3.63) is 71.3 Å². The van der Waals surface area contributed by atoms with Gasteiger partial charge in [-0.2, -0.15) is 5.10 Å². The summed E-state index contributed by atoms with van der Waals surface area (Å²) in [5, 5.41) is 10.6. The van der Waals surface area contributed by atoms with Gasteiger partial charge in [0, 0.05) is 17.4 Å². The molecule has 0 saturated carbocycles. The van der Waals surface area contributed by atoms with Gasteiger partial charge in [-0.15, -0.1) is 0 Å². The highest BCUT2D eigenvalue weighted by Gasteiger charge is 2.44. The van der Waals surface area contributed by atoms with Crippen LogP contribution in [-0.4, -0.2) is 46.1 Å². The molecule has 5 rings (SSSR count). The first-order chi connectivity index (χ1) is 16.0. The van der Waals surface area contributed by atoms with Gasteiger partial charge in [-0.25, -0.2) is 9.82 Å². The SMILES string of the molecule is COc1ccc(Cl)cc1NC(=O)CSC1=NNC2C3CC(c4ccc(F)cc4)NN3C=CN12. The lowest BCUT2D eigenvalue weighted by Gasteiger charge is -2.36. The lowest BCUT2D eigenvalue weighted by molar-refractivity contribution is -0.113. The molecule has 3 N–H and O–H groups in total. The molecular formula is C22H22ClFN6O2S. The summed E-state index contributed by atoms with van der Waals surface area (Å²) in [7, 11) is 1.54. The lowest BCUT2D eigenvalue weighted by Crippen LogP contribution is -2.54. The fraction of sp³-hybridized carbons (Fsp3) is 0.273.